The van der Waals surface area contributed by atoms with E-state index in [0.29, 0.717) is 11.5 Å². The average Bonchev–Trinajstić information content (AvgIpc) is 3.23. The summed E-state index contributed by atoms with van der Waals surface area (Å²) >= 11 is 0. The Labute approximate surface area is 153 Å². The van der Waals surface area contributed by atoms with E-state index >= 15 is 0 Å². The Morgan fingerprint density at radius 2 is 1.78 bits per heavy atom. The molecule has 2 aromatic heterocycles. The average molecular weight is 378 g/mol. The molecule has 0 amide bonds. The number of anilines is 1. The van der Waals surface area contributed by atoms with Crippen LogP contribution in [0, 0.1) is 12.7 Å². The molecule has 142 valence electrons. The van der Waals surface area contributed by atoms with Crippen LogP contribution in [0.15, 0.2) is 30.3 Å². The molecule has 8 heteroatoms. The summed E-state index contributed by atoms with van der Waals surface area (Å²) < 4.78 is 55.6. The molecule has 3 aromatic rings. The van der Waals surface area contributed by atoms with Gasteiger partial charge in [0.05, 0.1) is 5.56 Å². The van der Waals surface area contributed by atoms with Gasteiger partial charge in [-0.05, 0) is 37.5 Å². The Balaban J connectivity index is 1.94. The summed E-state index contributed by atoms with van der Waals surface area (Å²) in [6.45, 7) is 1.73. The van der Waals surface area contributed by atoms with Gasteiger partial charge in [-0.3, -0.25) is 0 Å². The summed E-state index contributed by atoms with van der Waals surface area (Å²) in [5.74, 6) is -0.0280. The molecule has 0 aliphatic heterocycles. The Morgan fingerprint density at radius 1 is 1.11 bits per heavy atom. The second-order valence-electron chi connectivity index (χ2n) is 6.87. The third-order valence-corrected chi connectivity index (χ3v) is 4.83. The van der Waals surface area contributed by atoms with Crippen molar-refractivity contribution in [3.8, 4) is 11.1 Å². The molecule has 2 heterocycles. The lowest BCUT2D eigenvalue weighted by atomic mass is 10.1. The normalized spacial score (nSPS) is 15.6. The number of hydrogen-bond donors (Lipinski definition) is 1. The monoisotopic (exact) mass is 378 g/mol. The van der Waals surface area contributed by atoms with Gasteiger partial charge in [0.25, 0.3) is 0 Å². The fourth-order valence-corrected chi connectivity index (χ4v) is 3.60. The number of aromatic nitrogens is 3. The number of halogens is 4. The van der Waals surface area contributed by atoms with Crippen molar-refractivity contribution in [1.82, 2.24) is 14.6 Å². The van der Waals surface area contributed by atoms with Crippen LogP contribution < -0.4 is 5.32 Å². The minimum Gasteiger partial charge on any atom is -0.367 e. The minimum atomic E-state index is -4.66. The van der Waals surface area contributed by atoms with E-state index < -0.39 is 17.7 Å². The third kappa shape index (κ3) is 3.36. The van der Waals surface area contributed by atoms with Crippen LogP contribution in [0.3, 0.4) is 0 Å². The summed E-state index contributed by atoms with van der Waals surface area (Å²) in [6.07, 6.45) is -0.519. The number of aryl methyl sites for hydroxylation is 1. The van der Waals surface area contributed by atoms with Crippen LogP contribution in [0.2, 0.25) is 0 Å². The van der Waals surface area contributed by atoms with Gasteiger partial charge in [0.15, 0.2) is 11.3 Å². The number of alkyl halides is 3. The largest absolute Gasteiger partial charge is 0.435 e. The van der Waals surface area contributed by atoms with Crippen LogP contribution in [0.5, 0.6) is 0 Å². The van der Waals surface area contributed by atoms with Gasteiger partial charge in [-0.2, -0.15) is 22.8 Å². The Bertz CT molecular complexity index is 970. The fraction of sp³-hybridized carbons (Fsp3) is 0.368. The molecule has 0 radical (unpaired) electrons. The highest BCUT2D eigenvalue weighted by molar-refractivity contribution is 5.81. The van der Waals surface area contributed by atoms with Crippen LogP contribution in [-0.2, 0) is 6.18 Å². The molecular formula is C19H18F4N4. The predicted octanol–water partition coefficient (Wildman–Crippen LogP) is 5.22. The zero-order chi connectivity index (χ0) is 19.2. The number of benzene rings is 1. The first kappa shape index (κ1) is 17.8. The summed E-state index contributed by atoms with van der Waals surface area (Å²) in [4.78, 5) is 4.31. The lowest BCUT2D eigenvalue weighted by Gasteiger charge is -2.15. The molecule has 1 aromatic carbocycles. The smallest absolute Gasteiger partial charge is 0.367 e. The first-order valence-corrected chi connectivity index (χ1v) is 8.83. The maximum absolute atomic E-state index is 13.7. The van der Waals surface area contributed by atoms with Crippen molar-refractivity contribution in [2.24, 2.45) is 0 Å². The van der Waals surface area contributed by atoms with Crippen LogP contribution in [0.4, 0.5) is 23.4 Å². The number of nitrogens with zero attached hydrogens (tertiary/aromatic N) is 3. The number of fused-ring (bicyclic) bond motifs is 1. The van der Waals surface area contributed by atoms with Crippen LogP contribution in [0.1, 0.15) is 37.1 Å². The molecule has 1 saturated carbocycles. The van der Waals surface area contributed by atoms with E-state index in [4.69, 9.17) is 0 Å². The van der Waals surface area contributed by atoms with E-state index in [1.165, 1.54) is 16.6 Å². The van der Waals surface area contributed by atoms with E-state index in [9.17, 15) is 17.6 Å². The van der Waals surface area contributed by atoms with E-state index in [2.05, 4.69) is 15.4 Å². The molecule has 1 aliphatic carbocycles. The highest BCUT2D eigenvalue weighted by atomic mass is 19.4. The van der Waals surface area contributed by atoms with Gasteiger partial charge >= 0.3 is 6.18 Å². The van der Waals surface area contributed by atoms with Crippen LogP contribution in [-0.4, -0.2) is 20.6 Å². The Morgan fingerprint density at radius 3 is 2.41 bits per heavy atom. The molecule has 27 heavy (non-hydrogen) atoms. The SMILES string of the molecule is Cc1cc(NC2CCCC2)n2nc(C(F)(F)F)c(-c3ccc(F)cc3)c2n1. The maximum Gasteiger partial charge on any atom is 0.435 e. The van der Waals surface area contributed by atoms with Crippen molar-refractivity contribution in [3.63, 3.8) is 0 Å². The van der Waals surface area contributed by atoms with Crippen molar-refractivity contribution in [2.75, 3.05) is 5.32 Å². The zero-order valence-corrected chi connectivity index (χ0v) is 14.6. The molecule has 0 saturated heterocycles. The van der Waals surface area contributed by atoms with Crippen molar-refractivity contribution in [1.29, 1.82) is 0 Å². The zero-order valence-electron chi connectivity index (χ0n) is 14.6. The Hall–Kier alpha value is -2.64. The standard InChI is InChI=1S/C19H18F4N4/c1-11-10-15(25-14-4-2-3-5-14)27-18(24-11)16(17(26-27)19(21,22)23)12-6-8-13(20)9-7-12/h6-10,14,25H,2-5H2,1H3. The van der Waals surface area contributed by atoms with Crippen LogP contribution >= 0.6 is 0 Å². The number of hydrogen-bond acceptors (Lipinski definition) is 3. The molecule has 0 atom stereocenters. The third-order valence-electron chi connectivity index (χ3n) is 4.83. The molecule has 0 unspecified atom stereocenters. The van der Waals surface area contributed by atoms with Crippen molar-refractivity contribution in [2.45, 2.75) is 44.8 Å². The second kappa shape index (κ2) is 6.51. The fourth-order valence-electron chi connectivity index (χ4n) is 3.60. The molecular weight excluding hydrogens is 360 g/mol. The molecule has 1 fully saturated rings. The van der Waals surface area contributed by atoms with Crippen molar-refractivity contribution < 1.29 is 17.6 Å². The lowest BCUT2D eigenvalue weighted by molar-refractivity contribution is -0.140. The quantitative estimate of drug-likeness (QED) is 0.636. The number of nitrogens with one attached hydrogen (secondary N) is 1. The molecule has 0 spiro atoms. The molecule has 4 rings (SSSR count). The summed E-state index contributed by atoms with van der Waals surface area (Å²) in [7, 11) is 0. The van der Waals surface area contributed by atoms with Gasteiger partial charge in [-0.15, -0.1) is 0 Å². The molecule has 4 nitrogen and oxygen atoms in total. The molecule has 1 aliphatic rings. The van der Waals surface area contributed by atoms with E-state index in [0.717, 1.165) is 37.8 Å². The van der Waals surface area contributed by atoms with E-state index in [1.807, 2.05) is 0 Å². The van der Waals surface area contributed by atoms with Crippen molar-refractivity contribution >= 4 is 11.5 Å². The van der Waals surface area contributed by atoms with Crippen molar-refractivity contribution in [3.05, 3.63) is 47.5 Å². The van der Waals surface area contributed by atoms with Gasteiger partial charge in [0.1, 0.15) is 11.6 Å². The summed E-state index contributed by atoms with van der Waals surface area (Å²) in [5, 5.41) is 7.15. The summed E-state index contributed by atoms with van der Waals surface area (Å²) in [6, 6.07) is 6.81. The second-order valence-corrected chi connectivity index (χ2v) is 6.87. The molecule has 1 N–H and O–H groups in total. The van der Waals surface area contributed by atoms with E-state index in [1.54, 1.807) is 13.0 Å². The minimum absolute atomic E-state index is 0.106. The first-order valence-electron chi connectivity index (χ1n) is 8.83. The highest BCUT2D eigenvalue weighted by Gasteiger charge is 2.39. The van der Waals surface area contributed by atoms with Crippen LogP contribution in [0.25, 0.3) is 16.8 Å². The first-order chi connectivity index (χ1) is 12.8. The molecule has 0 bridgehead atoms. The van der Waals surface area contributed by atoms with Gasteiger partial charge in [-0.1, -0.05) is 25.0 Å². The van der Waals surface area contributed by atoms with Gasteiger partial charge in [0, 0.05) is 17.8 Å². The lowest BCUT2D eigenvalue weighted by Crippen LogP contribution is -2.18. The van der Waals surface area contributed by atoms with Gasteiger partial charge < -0.3 is 5.32 Å². The van der Waals surface area contributed by atoms with E-state index in [-0.39, 0.29) is 22.8 Å². The Kier molecular flexibility index (Phi) is 4.28. The predicted molar refractivity (Wildman–Crippen MR) is 94.0 cm³/mol. The highest BCUT2D eigenvalue weighted by Crippen LogP contribution is 2.39. The topological polar surface area (TPSA) is 42.2 Å². The van der Waals surface area contributed by atoms with Gasteiger partial charge in [0.2, 0.25) is 0 Å². The number of rotatable bonds is 3. The maximum atomic E-state index is 13.7. The van der Waals surface area contributed by atoms with Gasteiger partial charge in [-0.25, -0.2) is 9.37 Å². The summed E-state index contributed by atoms with van der Waals surface area (Å²) in [5.41, 5.74) is -0.250.